The summed E-state index contributed by atoms with van der Waals surface area (Å²) in [6.45, 7) is 4.26. The number of pyridine rings is 1. The van der Waals surface area contributed by atoms with E-state index in [0.717, 1.165) is 13.2 Å². The van der Waals surface area contributed by atoms with Crippen LogP contribution in [0.4, 0.5) is 0 Å². The van der Waals surface area contributed by atoms with Crippen LogP contribution in [0.25, 0.3) is 11.1 Å². The van der Waals surface area contributed by atoms with Crippen LogP contribution < -0.4 is 10.5 Å². The fourth-order valence-electron chi connectivity index (χ4n) is 2.42. The van der Waals surface area contributed by atoms with E-state index in [9.17, 15) is 4.79 Å². The van der Waals surface area contributed by atoms with Gasteiger partial charge in [0.1, 0.15) is 24.7 Å². The van der Waals surface area contributed by atoms with Crippen LogP contribution >= 0.6 is 11.6 Å². The third-order valence-electron chi connectivity index (χ3n) is 3.88. The Labute approximate surface area is 162 Å². The second-order valence-corrected chi connectivity index (χ2v) is 6.55. The average Bonchev–Trinajstić information content (AvgIpc) is 2.63. The molecule has 0 saturated carbocycles. The highest BCUT2D eigenvalue weighted by molar-refractivity contribution is 7.58. The van der Waals surface area contributed by atoms with Gasteiger partial charge >= 0.3 is 0 Å². The third kappa shape index (κ3) is 4.81. The molecule has 0 atom stereocenters. The summed E-state index contributed by atoms with van der Waals surface area (Å²) in [5.41, 5.74) is 0.169. The Kier molecular flexibility index (Phi) is 7.14. The maximum Gasteiger partial charge on any atom is 0.265 e. The summed E-state index contributed by atoms with van der Waals surface area (Å²) < 4.78 is 5.12. The molecule has 2 N–H and O–H groups in total. The molecule has 0 radical (unpaired) electrons. The predicted octanol–water partition coefficient (Wildman–Crippen LogP) is 0.876. The van der Waals surface area contributed by atoms with Crippen molar-refractivity contribution < 1.29 is 9.64 Å². The number of nitriles is 2. The predicted molar refractivity (Wildman–Crippen MR) is 100 cm³/mol. The topological polar surface area (TPSA) is 94.1 Å². The third-order valence-corrected chi connectivity index (χ3v) is 4.44. The minimum atomic E-state index is -0.601. The molecule has 134 valence electrons. The van der Waals surface area contributed by atoms with E-state index in [1.807, 2.05) is 6.07 Å². The zero-order chi connectivity index (χ0) is 19.1. The summed E-state index contributed by atoms with van der Waals surface area (Å²) in [6.07, 6.45) is 0. The molecule has 1 aromatic heterocycles. The normalized spacial score (nSPS) is 13.8. The summed E-state index contributed by atoms with van der Waals surface area (Å²) in [6, 6.07) is 10.2. The molecule has 0 aliphatic carbocycles. The van der Waals surface area contributed by atoms with Crippen LogP contribution in [0.2, 0.25) is 5.02 Å². The molecule has 2 aromatic rings. The molecule has 26 heavy (non-hydrogen) atoms. The molecule has 0 unspecified atom stereocenters. The van der Waals surface area contributed by atoms with Crippen LogP contribution in [-0.4, -0.2) is 38.3 Å². The van der Waals surface area contributed by atoms with Gasteiger partial charge in [-0.25, -0.2) is 0 Å². The minimum Gasteiger partial charge on any atom is -0.761 e. The number of quaternary nitrogens is 1. The van der Waals surface area contributed by atoms with Gasteiger partial charge in [-0.05, 0) is 17.7 Å². The van der Waals surface area contributed by atoms with E-state index in [2.05, 4.69) is 12.0 Å². The molecule has 1 fully saturated rings. The standard InChI is InChI=1S/C13H6ClN3OS.C5H11NO/c14-8-3-1-7(2-4-8)11-9(5-15)12(18)17-13(19)10(11)6-16;1-6-2-4-7-5-3-6/h1-4H,(H2,17,18,19);2-5H2,1H3. The maximum atomic E-state index is 11.7. The van der Waals surface area contributed by atoms with E-state index < -0.39 is 5.56 Å². The Morgan fingerprint density at radius 3 is 2.19 bits per heavy atom. The zero-order valence-electron chi connectivity index (χ0n) is 14.1. The van der Waals surface area contributed by atoms with E-state index in [0.29, 0.717) is 10.6 Å². The number of benzene rings is 1. The smallest absolute Gasteiger partial charge is 0.265 e. The fraction of sp³-hybridized carbons (Fsp3) is 0.278. The average molecular weight is 389 g/mol. The van der Waals surface area contributed by atoms with E-state index in [1.165, 1.54) is 13.1 Å². The van der Waals surface area contributed by atoms with Gasteiger partial charge in [-0.1, -0.05) is 28.8 Å². The Morgan fingerprint density at radius 2 is 1.73 bits per heavy atom. The SMILES string of the molecule is C[NH+]1CCOCC1.N#Cc1c([S-])[nH]c(=O)c(C#N)c1-c1ccc(Cl)cc1. The molecule has 1 aromatic carbocycles. The van der Waals surface area contributed by atoms with Crippen molar-refractivity contribution in [2.24, 2.45) is 0 Å². The molecule has 1 saturated heterocycles. The molecule has 6 nitrogen and oxygen atoms in total. The highest BCUT2D eigenvalue weighted by Crippen LogP contribution is 2.27. The van der Waals surface area contributed by atoms with Gasteiger partial charge in [-0.3, -0.25) is 4.79 Å². The van der Waals surface area contributed by atoms with Crippen molar-refractivity contribution in [3.63, 3.8) is 0 Å². The molecule has 1 aliphatic heterocycles. The van der Waals surface area contributed by atoms with Crippen LogP contribution in [0.1, 0.15) is 11.1 Å². The second kappa shape index (κ2) is 9.33. The van der Waals surface area contributed by atoms with Gasteiger partial charge in [0.05, 0.1) is 31.9 Å². The van der Waals surface area contributed by atoms with Gasteiger partial charge in [0, 0.05) is 10.6 Å². The lowest BCUT2D eigenvalue weighted by Gasteiger charge is -2.18. The number of hydrogen-bond acceptors (Lipinski definition) is 5. The van der Waals surface area contributed by atoms with Crippen LogP contribution in [0, 0.1) is 22.7 Å². The molecule has 3 rings (SSSR count). The number of aromatic amines is 1. The van der Waals surface area contributed by atoms with Gasteiger partial charge in [-0.15, -0.1) is 0 Å². The number of halogens is 1. The number of rotatable bonds is 1. The van der Waals surface area contributed by atoms with Crippen molar-refractivity contribution in [2.45, 2.75) is 5.03 Å². The van der Waals surface area contributed by atoms with E-state index in [1.54, 1.807) is 35.2 Å². The van der Waals surface area contributed by atoms with Crippen LogP contribution in [-0.2, 0) is 17.4 Å². The van der Waals surface area contributed by atoms with E-state index >= 15 is 0 Å². The zero-order valence-corrected chi connectivity index (χ0v) is 15.7. The van der Waals surface area contributed by atoms with Gasteiger partial charge in [0.15, 0.2) is 0 Å². The number of likely N-dealkylation sites (N-methyl/N-ethyl adjacent to an activating group) is 1. The number of morpholine rings is 1. The van der Waals surface area contributed by atoms with Crippen molar-refractivity contribution in [3.8, 4) is 23.3 Å². The fourth-order valence-corrected chi connectivity index (χ4v) is 2.79. The quantitative estimate of drug-likeness (QED) is 0.707. The first-order valence-electron chi connectivity index (χ1n) is 7.90. The highest BCUT2D eigenvalue weighted by atomic mass is 35.5. The van der Waals surface area contributed by atoms with Crippen LogP contribution in [0.5, 0.6) is 0 Å². The Bertz CT molecular complexity index is 907. The lowest BCUT2D eigenvalue weighted by atomic mass is 9.97. The van der Waals surface area contributed by atoms with Crippen molar-refractivity contribution in [3.05, 3.63) is 50.8 Å². The number of ether oxygens (including phenoxy) is 1. The summed E-state index contributed by atoms with van der Waals surface area (Å²) >= 11 is 10.7. The van der Waals surface area contributed by atoms with Crippen molar-refractivity contribution >= 4 is 24.2 Å². The summed E-state index contributed by atoms with van der Waals surface area (Å²) in [7, 11) is 2.20. The lowest BCUT2D eigenvalue weighted by Crippen LogP contribution is -3.11. The number of H-pyrrole nitrogens is 1. The molecular weight excluding hydrogens is 372 g/mol. The summed E-state index contributed by atoms with van der Waals surface area (Å²) in [4.78, 5) is 15.6. The van der Waals surface area contributed by atoms with Crippen molar-refractivity contribution in [1.82, 2.24) is 4.98 Å². The number of nitrogens with one attached hydrogen (secondary N) is 2. The van der Waals surface area contributed by atoms with Crippen LogP contribution in [0.3, 0.4) is 0 Å². The molecule has 8 heteroatoms. The van der Waals surface area contributed by atoms with Gasteiger partial charge in [-0.2, -0.15) is 10.5 Å². The number of aromatic nitrogens is 1. The number of nitrogens with zero attached hydrogens (tertiary/aromatic N) is 2. The lowest BCUT2D eigenvalue weighted by molar-refractivity contribution is -0.888. The maximum absolute atomic E-state index is 11.7. The first kappa shape index (κ1) is 19.9. The van der Waals surface area contributed by atoms with Gasteiger partial charge in [0.25, 0.3) is 5.56 Å². The molecule has 0 spiro atoms. The van der Waals surface area contributed by atoms with Gasteiger partial charge < -0.3 is 27.2 Å². The Hall–Kier alpha value is -2.42. The summed E-state index contributed by atoms with van der Waals surface area (Å²) in [5, 5.41) is 18.8. The Morgan fingerprint density at radius 1 is 1.15 bits per heavy atom. The molecular formula is C18H17ClN4O2S. The molecule has 1 aliphatic rings. The van der Waals surface area contributed by atoms with Crippen LogP contribution in [0.15, 0.2) is 34.1 Å². The second-order valence-electron chi connectivity index (χ2n) is 5.71. The monoisotopic (exact) mass is 388 g/mol. The summed E-state index contributed by atoms with van der Waals surface area (Å²) in [5.74, 6) is 0. The minimum absolute atomic E-state index is 0.0245. The van der Waals surface area contributed by atoms with Crippen molar-refractivity contribution in [2.75, 3.05) is 33.4 Å². The largest absolute Gasteiger partial charge is 0.761 e. The van der Waals surface area contributed by atoms with E-state index in [4.69, 9.17) is 39.5 Å². The van der Waals surface area contributed by atoms with E-state index in [-0.39, 0.29) is 21.7 Å². The Balaban J connectivity index is 0.000000290. The van der Waals surface area contributed by atoms with Gasteiger partial charge in [0.2, 0.25) is 0 Å². The molecule has 0 bridgehead atoms. The highest BCUT2D eigenvalue weighted by Gasteiger charge is 2.15. The molecule has 0 amide bonds. The van der Waals surface area contributed by atoms with Crippen molar-refractivity contribution in [1.29, 1.82) is 10.5 Å². The first-order valence-corrected chi connectivity index (χ1v) is 8.69. The molecule has 2 heterocycles. The number of hydrogen-bond donors (Lipinski definition) is 2. The first-order chi connectivity index (χ1) is 12.5.